The van der Waals surface area contributed by atoms with Crippen LogP contribution in [-0.2, 0) is 16.1 Å². The van der Waals surface area contributed by atoms with Gasteiger partial charge < -0.3 is 10.0 Å². The lowest BCUT2D eigenvalue weighted by molar-refractivity contribution is -0.130. The first kappa shape index (κ1) is 15.9. The van der Waals surface area contributed by atoms with E-state index >= 15 is 0 Å². The third-order valence-electron chi connectivity index (χ3n) is 4.10. The Balaban J connectivity index is 2.04. The van der Waals surface area contributed by atoms with Crippen molar-refractivity contribution in [2.75, 3.05) is 0 Å². The third-order valence-corrected chi connectivity index (χ3v) is 4.10. The van der Waals surface area contributed by atoms with Crippen LogP contribution < -0.4 is 0 Å². The molecule has 0 spiro atoms. The first-order chi connectivity index (χ1) is 11.6. The van der Waals surface area contributed by atoms with Crippen molar-refractivity contribution in [3.05, 3.63) is 77.3 Å². The Kier molecular flexibility index (Phi) is 4.42. The maximum absolute atomic E-state index is 12.6. The molecule has 0 fully saturated rings. The van der Waals surface area contributed by atoms with Crippen molar-refractivity contribution < 1.29 is 14.7 Å². The lowest BCUT2D eigenvalue weighted by atomic mass is 9.95. The Morgan fingerprint density at radius 3 is 2.50 bits per heavy atom. The molecule has 122 valence electrons. The minimum Gasteiger partial charge on any atom is -0.503 e. The van der Waals surface area contributed by atoms with E-state index in [0.29, 0.717) is 5.69 Å². The maximum atomic E-state index is 12.6. The molecule has 1 aromatic carbocycles. The van der Waals surface area contributed by atoms with Crippen molar-refractivity contribution in [2.45, 2.75) is 25.9 Å². The minimum atomic E-state index is -0.590. The Morgan fingerprint density at radius 1 is 1.17 bits per heavy atom. The monoisotopic (exact) mass is 322 g/mol. The van der Waals surface area contributed by atoms with Gasteiger partial charge in [-0.25, -0.2) is 0 Å². The normalized spacial score (nSPS) is 17.5. The number of amides is 1. The highest BCUT2D eigenvalue weighted by Gasteiger charge is 2.42. The fourth-order valence-corrected chi connectivity index (χ4v) is 2.94. The molecule has 0 bridgehead atoms. The highest BCUT2D eigenvalue weighted by molar-refractivity contribution is 6.08. The predicted molar refractivity (Wildman–Crippen MR) is 88.9 cm³/mol. The summed E-state index contributed by atoms with van der Waals surface area (Å²) < 4.78 is 0. The lowest BCUT2D eigenvalue weighted by Gasteiger charge is -2.26. The highest BCUT2D eigenvalue weighted by Crippen LogP contribution is 2.38. The van der Waals surface area contributed by atoms with Crippen LogP contribution in [0.5, 0.6) is 0 Å². The van der Waals surface area contributed by atoms with Crippen LogP contribution in [-0.4, -0.2) is 26.7 Å². The van der Waals surface area contributed by atoms with E-state index in [1.807, 2.05) is 42.5 Å². The van der Waals surface area contributed by atoms with Crippen LogP contribution in [0.25, 0.3) is 0 Å². The number of carbonyl (C=O) groups is 2. The van der Waals surface area contributed by atoms with Gasteiger partial charge >= 0.3 is 0 Å². The largest absolute Gasteiger partial charge is 0.503 e. The molecule has 0 saturated heterocycles. The van der Waals surface area contributed by atoms with Crippen molar-refractivity contribution >= 4 is 11.7 Å². The average molecular weight is 322 g/mol. The van der Waals surface area contributed by atoms with Crippen LogP contribution in [0.2, 0.25) is 0 Å². The number of hydrogen-bond acceptors (Lipinski definition) is 4. The summed E-state index contributed by atoms with van der Waals surface area (Å²) in [6.07, 6.45) is 1.88. The first-order valence-electron chi connectivity index (χ1n) is 7.85. The molecule has 0 aliphatic carbocycles. The van der Waals surface area contributed by atoms with Crippen LogP contribution in [0.3, 0.4) is 0 Å². The number of hydrogen-bond donors (Lipinski definition) is 1. The van der Waals surface area contributed by atoms with Crippen molar-refractivity contribution in [3.63, 3.8) is 0 Å². The van der Waals surface area contributed by atoms with E-state index < -0.39 is 17.7 Å². The van der Waals surface area contributed by atoms with E-state index in [4.69, 9.17) is 0 Å². The summed E-state index contributed by atoms with van der Waals surface area (Å²) in [4.78, 5) is 30.6. The van der Waals surface area contributed by atoms with E-state index in [0.717, 1.165) is 5.56 Å². The van der Waals surface area contributed by atoms with Crippen molar-refractivity contribution in [2.24, 2.45) is 0 Å². The number of aliphatic hydroxyl groups excluding tert-OH is 1. The van der Waals surface area contributed by atoms with Gasteiger partial charge in [0.25, 0.3) is 5.91 Å². The second-order valence-electron chi connectivity index (χ2n) is 5.61. The van der Waals surface area contributed by atoms with Crippen LogP contribution in [0.4, 0.5) is 0 Å². The Hall–Kier alpha value is -2.95. The molecule has 0 saturated carbocycles. The van der Waals surface area contributed by atoms with E-state index in [2.05, 4.69) is 4.98 Å². The van der Waals surface area contributed by atoms with Crippen LogP contribution >= 0.6 is 0 Å². The van der Waals surface area contributed by atoms with E-state index in [9.17, 15) is 14.7 Å². The van der Waals surface area contributed by atoms with Gasteiger partial charge in [-0.05, 0) is 17.7 Å². The molecule has 0 radical (unpaired) electrons. The number of ketones is 1. The van der Waals surface area contributed by atoms with Gasteiger partial charge in [0.1, 0.15) is 0 Å². The third kappa shape index (κ3) is 2.80. The van der Waals surface area contributed by atoms with Gasteiger partial charge in [0, 0.05) is 12.6 Å². The number of rotatable bonds is 5. The standard InChI is InChI=1S/C19H18N2O3/c1-2-15(22)16-17(13-8-4-3-5-9-13)21(19(24)18(16)23)12-14-10-6-7-11-20-14/h3-11,17,23H,2,12H2,1H3. The molecule has 1 aromatic heterocycles. The fourth-order valence-electron chi connectivity index (χ4n) is 2.94. The molecular weight excluding hydrogens is 304 g/mol. The number of benzene rings is 1. The van der Waals surface area contributed by atoms with E-state index in [-0.39, 0.29) is 24.3 Å². The summed E-state index contributed by atoms with van der Waals surface area (Å²) >= 11 is 0. The molecular formula is C19H18N2O3. The lowest BCUT2D eigenvalue weighted by Crippen LogP contribution is -2.31. The zero-order valence-corrected chi connectivity index (χ0v) is 13.3. The van der Waals surface area contributed by atoms with Gasteiger partial charge in [0.05, 0.1) is 23.9 Å². The van der Waals surface area contributed by atoms with E-state index in [1.54, 1.807) is 19.2 Å². The SMILES string of the molecule is CCC(=O)C1=C(O)C(=O)N(Cc2ccccn2)C1c1ccccc1. The highest BCUT2D eigenvalue weighted by atomic mass is 16.3. The average Bonchev–Trinajstić information content (AvgIpc) is 2.87. The number of nitrogens with zero attached hydrogens (tertiary/aromatic N) is 2. The first-order valence-corrected chi connectivity index (χ1v) is 7.85. The molecule has 1 atom stereocenters. The molecule has 1 aliphatic rings. The van der Waals surface area contributed by atoms with Crippen LogP contribution in [0.15, 0.2) is 66.1 Å². The molecule has 1 aliphatic heterocycles. The van der Waals surface area contributed by atoms with Crippen LogP contribution in [0.1, 0.15) is 30.6 Å². The molecule has 2 aromatic rings. The Labute approximate surface area is 140 Å². The number of Topliss-reactive ketones (excluding diaryl/α,β-unsaturated/α-hetero) is 1. The summed E-state index contributed by atoms with van der Waals surface area (Å²) in [6, 6.07) is 14.1. The van der Waals surface area contributed by atoms with Gasteiger partial charge in [-0.2, -0.15) is 0 Å². The Morgan fingerprint density at radius 2 is 1.88 bits per heavy atom. The zero-order chi connectivity index (χ0) is 17.1. The topological polar surface area (TPSA) is 70.5 Å². The number of aromatic nitrogens is 1. The molecule has 1 N–H and O–H groups in total. The molecule has 2 heterocycles. The summed E-state index contributed by atoms with van der Waals surface area (Å²) in [5.74, 6) is -1.21. The zero-order valence-electron chi connectivity index (χ0n) is 13.3. The van der Waals surface area contributed by atoms with E-state index in [1.165, 1.54) is 4.90 Å². The number of aliphatic hydroxyl groups is 1. The van der Waals surface area contributed by atoms with Crippen LogP contribution in [0, 0.1) is 0 Å². The quantitative estimate of drug-likeness (QED) is 0.919. The summed E-state index contributed by atoms with van der Waals surface area (Å²) in [6.45, 7) is 1.94. The molecule has 3 rings (SSSR count). The second kappa shape index (κ2) is 6.66. The maximum Gasteiger partial charge on any atom is 0.290 e. The van der Waals surface area contributed by atoms with Crippen molar-refractivity contribution in [1.82, 2.24) is 9.88 Å². The van der Waals surface area contributed by atoms with Crippen molar-refractivity contribution in [3.8, 4) is 0 Å². The van der Waals surface area contributed by atoms with Gasteiger partial charge in [0.2, 0.25) is 0 Å². The predicted octanol–water partition coefficient (Wildman–Crippen LogP) is 2.96. The summed E-state index contributed by atoms with van der Waals surface area (Å²) in [7, 11) is 0. The summed E-state index contributed by atoms with van der Waals surface area (Å²) in [5.41, 5.74) is 1.66. The second-order valence-corrected chi connectivity index (χ2v) is 5.61. The number of carbonyl (C=O) groups excluding carboxylic acids is 2. The summed E-state index contributed by atoms with van der Waals surface area (Å²) in [5, 5.41) is 10.3. The minimum absolute atomic E-state index is 0.171. The molecule has 1 unspecified atom stereocenters. The molecule has 24 heavy (non-hydrogen) atoms. The molecule has 5 nitrogen and oxygen atoms in total. The number of pyridine rings is 1. The van der Waals surface area contributed by atoms with Gasteiger partial charge in [0.15, 0.2) is 11.5 Å². The fraction of sp³-hybridized carbons (Fsp3) is 0.211. The van der Waals surface area contributed by atoms with Crippen molar-refractivity contribution in [1.29, 1.82) is 0 Å². The Bertz CT molecular complexity index is 785. The smallest absolute Gasteiger partial charge is 0.290 e. The molecule has 1 amide bonds. The van der Waals surface area contributed by atoms with Gasteiger partial charge in [-0.1, -0.05) is 43.3 Å². The van der Waals surface area contributed by atoms with Gasteiger partial charge in [-0.15, -0.1) is 0 Å². The van der Waals surface area contributed by atoms with Gasteiger partial charge in [-0.3, -0.25) is 14.6 Å². The molecule has 5 heteroatoms.